The molecule has 15 nitrogen and oxygen atoms in total. The maximum atomic E-state index is 11.9. The van der Waals surface area contributed by atoms with Gasteiger partial charge in [-0.1, -0.05) is 0 Å². The molecule has 0 rings (SSSR count). The molecule has 2 amide bonds. The van der Waals surface area contributed by atoms with Crippen molar-refractivity contribution in [3.05, 3.63) is 0 Å². The maximum Gasteiger partial charge on any atom is 0.237 e. The molecule has 32 heavy (non-hydrogen) atoms. The van der Waals surface area contributed by atoms with E-state index >= 15 is 0 Å². The van der Waals surface area contributed by atoms with Crippen molar-refractivity contribution in [2.75, 3.05) is 26.3 Å². The van der Waals surface area contributed by atoms with Gasteiger partial charge < -0.3 is 67.4 Å². The molecule has 15 heteroatoms. The Bertz CT molecular complexity index is 557. The SMILES string of the molecule is N[C@@H](CCC(=O)NC[C@H](O)[C@@H](O)[C@H](O)[C@H](O)CO)C(=O)NC[C@H](O)[C@@H](O)[C@H](O)[C@H](O)CO. The molecule has 0 bridgehead atoms. The third kappa shape index (κ3) is 10.4. The minimum absolute atomic E-state index is 0.160. The van der Waals surface area contributed by atoms with E-state index in [0.717, 1.165) is 0 Å². The Labute approximate surface area is 183 Å². The summed E-state index contributed by atoms with van der Waals surface area (Å²) >= 11 is 0. The number of aliphatic hydroxyl groups is 10. The molecule has 0 fully saturated rings. The van der Waals surface area contributed by atoms with E-state index in [0.29, 0.717) is 0 Å². The van der Waals surface area contributed by atoms with E-state index in [4.69, 9.17) is 15.9 Å². The monoisotopic (exact) mass is 473 g/mol. The quantitative estimate of drug-likeness (QED) is 0.0992. The van der Waals surface area contributed by atoms with Crippen LogP contribution in [0.4, 0.5) is 0 Å². The van der Waals surface area contributed by atoms with Crippen LogP contribution in [0.15, 0.2) is 0 Å². The standard InChI is InChI=1S/C17H35N3O12/c18-7(17(32)20-4-9(24)14(29)16(31)11(26)6-22)1-2-12(27)19-3-8(23)13(28)15(30)10(25)5-21/h7-11,13-16,21-26,28-31H,1-6,18H2,(H,19,27)(H,20,32)/t7-,8-,9-,10+,11+,13+,14+,15+,16+/m0/s1. The molecule has 0 aliphatic carbocycles. The fourth-order valence-electron chi connectivity index (χ4n) is 2.43. The van der Waals surface area contributed by atoms with Gasteiger partial charge in [0.2, 0.25) is 11.8 Å². The lowest BCUT2D eigenvalue weighted by molar-refractivity contribution is -0.128. The van der Waals surface area contributed by atoms with Crippen molar-refractivity contribution in [3.8, 4) is 0 Å². The van der Waals surface area contributed by atoms with E-state index in [1.807, 2.05) is 0 Å². The van der Waals surface area contributed by atoms with Crippen LogP contribution in [0.1, 0.15) is 12.8 Å². The normalized spacial score (nSPS) is 20.2. The van der Waals surface area contributed by atoms with Crippen molar-refractivity contribution in [1.29, 1.82) is 0 Å². The van der Waals surface area contributed by atoms with Crippen LogP contribution in [0, 0.1) is 0 Å². The van der Waals surface area contributed by atoms with Gasteiger partial charge in [-0.05, 0) is 6.42 Å². The summed E-state index contributed by atoms with van der Waals surface area (Å²) in [4.78, 5) is 23.7. The van der Waals surface area contributed by atoms with E-state index in [-0.39, 0.29) is 12.8 Å². The molecular weight excluding hydrogens is 438 g/mol. The molecule has 0 aromatic rings. The Hall–Kier alpha value is -1.50. The minimum Gasteiger partial charge on any atom is -0.394 e. The first kappa shape index (κ1) is 30.5. The first-order chi connectivity index (χ1) is 14.9. The van der Waals surface area contributed by atoms with Crippen LogP contribution >= 0.6 is 0 Å². The first-order valence-electron chi connectivity index (χ1n) is 9.83. The number of carbonyl (C=O) groups excluding carboxylic acids is 2. The second kappa shape index (κ2) is 15.4. The number of hydrogen-bond acceptors (Lipinski definition) is 13. The number of rotatable bonds is 16. The highest BCUT2D eigenvalue weighted by Crippen LogP contribution is 2.06. The van der Waals surface area contributed by atoms with Crippen molar-refractivity contribution in [2.24, 2.45) is 5.73 Å². The Balaban J connectivity index is 4.31. The Kier molecular flexibility index (Phi) is 14.6. The predicted molar refractivity (Wildman–Crippen MR) is 105 cm³/mol. The summed E-state index contributed by atoms with van der Waals surface area (Å²) in [7, 11) is 0. The highest BCUT2D eigenvalue weighted by atomic mass is 16.4. The molecule has 0 aliphatic heterocycles. The molecule has 0 aliphatic rings. The largest absolute Gasteiger partial charge is 0.394 e. The van der Waals surface area contributed by atoms with Crippen LogP contribution in [0.25, 0.3) is 0 Å². The van der Waals surface area contributed by atoms with Crippen molar-refractivity contribution >= 4 is 11.8 Å². The third-order valence-electron chi connectivity index (χ3n) is 4.66. The second-order valence-corrected chi connectivity index (χ2v) is 7.29. The molecule has 0 heterocycles. The van der Waals surface area contributed by atoms with E-state index in [9.17, 15) is 50.4 Å². The summed E-state index contributed by atoms with van der Waals surface area (Å²) in [6.45, 7) is -2.74. The molecule has 0 radical (unpaired) electrons. The van der Waals surface area contributed by atoms with Crippen molar-refractivity contribution in [3.63, 3.8) is 0 Å². The van der Waals surface area contributed by atoms with Crippen LogP contribution in [-0.2, 0) is 9.59 Å². The van der Waals surface area contributed by atoms with E-state index in [1.54, 1.807) is 0 Å². The number of nitrogens with two attached hydrogens (primary N) is 1. The minimum atomic E-state index is -1.86. The number of aliphatic hydroxyl groups excluding tert-OH is 10. The molecule has 0 aromatic heterocycles. The molecule has 0 saturated heterocycles. The van der Waals surface area contributed by atoms with Crippen molar-refractivity contribution in [2.45, 2.75) is 67.7 Å². The molecule has 190 valence electrons. The summed E-state index contributed by atoms with van der Waals surface area (Å²) < 4.78 is 0. The summed E-state index contributed by atoms with van der Waals surface area (Å²) in [5.41, 5.74) is 5.62. The van der Waals surface area contributed by atoms with E-state index in [2.05, 4.69) is 10.6 Å². The van der Waals surface area contributed by atoms with Gasteiger partial charge in [0, 0.05) is 19.5 Å². The molecule has 0 saturated carbocycles. The van der Waals surface area contributed by atoms with Crippen LogP contribution < -0.4 is 16.4 Å². The molecule has 0 unspecified atom stereocenters. The summed E-state index contributed by atoms with van der Waals surface area (Å²) in [5, 5.41) is 98.0. The van der Waals surface area contributed by atoms with Crippen LogP contribution in [-0.4, -0.2) is 144 Å². The van der Waals surface area contributed by atoms with Gasteiger partial charge in [-0.25, -0.2) is 0 Å². The Morgan fingerprint density at radius 1 is 0.656 bits per heavy atom. The summed E-state index contributed by atoms with van der Waals surface area (Å²) in [6.07, 6.45) is -14.6. The second-order valence-electron chi connectivity index (χ2n) is 7.29. The fourth-order valence-corrected chi connectivity index (χ4v) is 2.43. The number of hydrogen-bond donors (Lipinski definition) is 13. The van der Waals surface area contributed by atoms with Crippen LogP contribution in [0.5, 0.6) is 0 Å². The molecule has 0 spiro atoms. The van der Waals surface area contributed by atoms with E-state index in [1.165, 1.54) is 0 Å². The average molecular weight is 473 g/mol. The Morgan fingerprint density at radius 3 is 1.44 bits per heavy atom. The topological polar surface area (TPSA) is 287 Å². The fraction of sp³-hybridized carbons (Fsp3) is 0.882. The predicted octanol–water partition coefficient (Wildman–Crippen LogP) is -7.80. The van der Waals surface area contributed by atoms with Crippen molar-refractivity contribution < 1.29 is 60.7 Å². The smallest absolute Gasteiger partial charge is 0.237 e. The zero-order valence-electron chi connectivity index (χ0n) is 17.3. The van der Waals surface area contributed by atoms with E-state index < -0.39 is 93.0 Å². The third-order valence-corrected chi connectivity index (χ3v) is 4.66. The molecule has 0 aromatic carbocycles. The lowest BCUT2D eigenvalue weighted by Gasteiger charge is -2.26. The highest BCUT2D eigenvalue weighted by molar-refractivity contribution is 5.83. The van der Waals surface area contributed by atoms with Gasteiger partial charge in [0.05, 0.1) is 31.5 Å². The number of carbonyl (C=O) groups is 2. The summed E-state index contributed by atoms with van der Waals surface area (Å²) in [5.74, 6) is -1.45. The number of nitrogens with one attached hydrogen (secondary N) is 2. The van der Waals surface area contributed by atoms with Gasteiger partial charge in [0.1, 0.15) is 36.6 Å². The highest BCUT2D eigenvalue weighted by Gasteiger charge is 2.31. The van der Waals surface area contributed by atoms with Crippen LogP contribution in [0.3, 0.4) is 0 Å². The zero-order chi connectivity index (χ0) is 25.0. The first-order valence-corrected chi connectivity index (χ1v) is 9.83. The van der Waals surface area contributed by atoms with Gasteiger partial charge in [-0.2, -0.15) is 0 Å². The average Bonchev–Trinajstić information content (AvgIpc) is 2.80. The Morgan fingerprint density at radius 2 is 1.03 bits per heavy atom. The van der Waals surface area contributed by atoms with Gasteiger partial charge in [0.25, 0.3) is 0 Å². The maximum absolute atomic E-state index is 11.9. The van der Waals surface area contributed by atoms with Gasteiger partial charge in [-0.15, -0.1) is 0 Å². The van der Waals surface area contributed by atoms with Crippen LogP contribution in [0.2, 0.25) is 0 Å². The zero-order valence-corrected chi connectivity index (χ0v) is 17.3. The van der Waals surface area contributed by atoms with Gasteiger partial charge >= 0.3 is 0 Å². The molecule has 14 N–H and O–H groups in total. The van der Waals surface area contributed by atoms with Gasteiger partial charge in [0.15, 0.2) is 0 Å². The summed E-state index contributed by atoms with van der Waals surface area (Å²) in [6, 6.07) is -1.20. The molecule has 9 atom stereocenters. The van der Waals surface area contributed by atoms with Gasteiger partial charge in [-0.3, -0.25) is 9.59 Å². The lowest BCUT2D eigenvalue weighted by Crippen LogP contribution is -2.51. The number of amides is 2. The van der Waals surface area contributed by atoms with Crippen molar-refractivity contribution in [1.82, 2.24) is 10.6 Å². The lowest BCUT2D eigenvalue weighted by atomic mass is 10.0. The molecular formula is C17H35N3O12.